The second kappa shape index (κ2) is 12.7. The van der Waals surface area contributed by atoms with Crippen LogP contribution in [-0.2, 0) is 9.53 Å². The van der Waals surface area contributed by atoms with Gasteiger partial charge in [0.1, 0.15) is 6.04 Å². The van der Waals surface area contributed by atoms with Crippen LogP contribution in [0.15, 0.2) is 47.9 Å². The molecule has 3 aliphatic rings. The van der Waals surface area contributed by atoms with Gasteiger partial charge in [-0.2, -0.15) is 5.10 Å². The first kappa shape index (κ1) is 28.5. The second-order valence-corrected chi connectivity index (χ2v) is 11.5. The molecule has 2 saturated heterocycles. The summed E-state index contributed by atoms with van der Waals surface area (Å²) in [6.45, 7) is 2.92. The van der Waals surface area contributed by atoms with Crippen molar-refractivity contribution in [3.05, 3.63) is 53.5 Å². The highest BCUT2D eigenvalue weighted by molar-refractivity contribution is 5.88. The number of halogens is 2. The van der Waals surface area contributed by atoms with Crippen molar-refractivity contribution in [2.45, 2.75) is 75.8 Å². The first-order valence-corrected chi connectivity index (χ1v) is 14.6. The van der Waals surface area contributed by atoms with Gasteiger partial charge in [-0.15, -0.1) is 0 Å². The number of unbranched alkanes of at least 4 members (excludes halogenated alkanes) is 2. The predicted octanol–water partition coefficient (Wildman–Crippen LogP) is 5.14. The number of nitrogens with one attached hydrogen (secondary N) is 1. The number of alkyl halides is 2. The van der Waals surface area contributed by atoms with Crippen LogP contribution in [-0.4, -0.2) is 64.5 Å². The van der Waals surface area contributed by atoms with Gasteiger partial charge in [-0.3, -0.25) is 14.4 Å². The number of nitrogens with zero attached hydrogens (tertiary/aromatic N) is 3. The van der Waals surface area contributed by atoms with Crippen LogP contribution in [0.2, 0.25) is 0 Å². The molecule has 2 aromatic rings. The molecule has 1 aromatic carbocycles. The third kappa shape index (κ3) is 6.66. The van der Waals surface area contributed by atoms with Crippen LogP contribution in [0, 0.1) is 5.92 Å². The van der Waals surface area contributed by atoms with E-state index in [-0.39, 0.29) is 24.8 Å². The Kier molecular flexibility index (Phi) is 9.05. The molecule has 3 aliphatic heterocycles. The van der Waals surface area contributed by atoms with E-state index < -0.39 is 17.9 Å². The highest BCUT2D eigenvalue weighted by atomic mass is 19.3. The third-order valence-corrected chi connectivity index (χ3v) is 8.47. The Morgan fingerprint density at radius 3 is 2.98 bits per heavy atom. The quantitative estimate of drug-likeness (QED) is 0.310. The molecule has 1 aromatic heterocycles. The average molecular weight is 558 g/mol. The van der Waals surface area contributed by atoms with E-state index in [0.29, 0.717) is 51.1 Å². The molecular weight excluding hydrogens is 516 g/mol. The number of para-hydroxylation sites is 1. The SMILES string of the molecule is NC1=C(/C=C\CCCCC(F)(F)C[C@@H]2CCN(C(C(=O)O)c3cccc4cnn([C@H]5CCOC5)c34)C2)CCCN1. The highest BCUT2D eigenvalue weighted by Crippen LogP contribution is 2.38. The molecule has 8 nitrogen and oxygen atoms in total. The lowest BCUT2D eigenvalue weighted by atomic mass is 9.96. The van der Waals surface area contributed by atoms with Crippen LogP contribution in [0.25, 0.3) is 10.9 Å². The van der Waals surface area contributed by atoms with E-state index in [1.165, 1.54) is 0 Å². The molecule has 0 bridgehead atoms. The Morgan fingerprint density at radius 2 is 2.20 bits per heavy atom. The van der Waals surface area contributed by atoms with Gasteiger partial charge in [-0.1, -0.05) is 30.4 Å². The number of hydrogen-bond donors (Lipinski definition) is 3. The van der Waals surface area contributed by atoms with Crippen molar-refractivity contribution in [3.63, 3.8) is 0 Å². The number of allylic oxidation sites excluding steroid dienone is 3. The van der Waals surface area contributed by atoms with Crippen molar-refractivity contribution in [2.75, 3.05) is 32.8 Å². The molecule has 3 atom stereocenters. The molecule has 10 heteroatoms. The lowest BCUT2D eigenvalue weighted by molar-refractivity contribution is -0.143. The van der Waals surface area contributed by atoms with Crippen molar-refractivity contribution in [1.29, 1.82) is 0 Å². The molecule has 2 fully saturated rings. The molecule has 0 aliphatic carbocycles. The smallest absolute Gasteiger partial charge is 0.325 e. The van der Waals surface area contributed by atoms with E-state index in [0.717, 1.165) is 54.5 Å². The van der Waals surface area contributed by atoms with Gasteiger partial charge in [0.2, 0.25) is 5.92 Å². The number of carbonyl (C=O) groups is 1. The summed E-state index contributed by atoms with van der Waals surface area (Å²) in [5.41, 5.74) is 8.51. The number of carboxylic acids is 1. The lowest BCUT2D eigenvalue weighted by Crippen LogP contribution is -2.33. The van der Waals surface area contributed by atoms with Crippen molar-refractivity contribution in [3.8, 4) is 0 Å². The third-order valence-electron chi connectivity index (χ3n) is 8.47. The summed E-state index contributed by atoms with van der Waals surface area (Å²) in [4.78, 5) is 14.4. The molecule has 40 heavy (non-hydrogen) atoms. The number of rotatable bonds is 12. The normalized spacial score (nSPS) is 23.4. The van der Waals surface area contributed by atoms with Crippen molar-refractivity contribution < 1.29 is 23.4 Å². The van der Waals surface area contributed by atoms with Crippen LogP contribution in [0.5, 0.6) is 0 Å². The average Bonchev–Trinajstić information content (AvgIpc) is 3.68. The maximum absolute atomic E-state index is 14.9. The van der Waals surface area contributed by atoms with Crippen molar-refractivity contribution >= 4 is 16.9 Å². The highest BCUT2D eigenvalue weighted by Gasteiger charge is 2.40. The summed E-state index contributed by atoms with van der Waals surface area (Å²) < 4.78 is 37.3. The second-order valence-electron chi connectivity index (χ2n) is 11.5. The molecule has 4 heterocycles. The maximum Gasteiger partial charge on any atom is 0.325 e. The van der Waals surface area contributed by atoms with Crippen LogP contribution >= 0.6 is 0 Å². The largest absolute Gasteiger partial charge is 0.480 e. The van der Waals surface area contributed by atoms with Gasteiger partial charge in [-0.25, -0.2) is 8.78 Å². The number of hydrogen-bond acceptors (Lipinski definition) is 6. The van der Waals surface area contributed by atoms with Gasteiger partial charge in [0.25, 0.3) is 0 Å². The zero-order valence-electron chi connectivity index (χ0n) is 23.0. The number of ether oxygens (including phenoxy) is 1. The molecule has 0 radical (unpaired) electrons. The minimum absolute atomic E-state index is 0.0630. The number of likely N-dealkylation sites (tertiary alicyclic amines) is 1. The standard InChI is InChI=1S/C30H41F2N5O3/c31-30(32,13-4-2-1-3-7-22-9-6-14-34-28(22)33)17-21-11-15-36(19-21)27(29(38)39)25-10-5-8-23-18-35-37(26(23)25)24-12-16-40-20-24/h3,5,7-8,10,18,21,24,27,34H,1-2,4,6,9,11-17,19-20,33H2,(H,38,39)/b7-3-/t21-,24-,27?/m0/s1. The molecular formula is C30H41F2N5O3. The zero-order chi connectivity index (χ0) is 28.1. The minimum Gasteiger partial charge on any atom is -0.480 e. The number of benzene rings is 1. The van der Waals surface area contributed by atoms with Gasteiger partial charge in [0.15, 0.2) is 0 Å². The summed E-state index contributed by atoms with van der Waals surface area (Å²) >= 11 is 0. The summed E-state index contributed by atoms with van der Waals surface area (Å²) in [5, 5.41) is 18.9. The Bertz CT molecular complexity index is 1240. The maximum atomic E-state index is 14.9. The molecule has 0 saturated carbocycles. The number of carboxylic acid groups (broad SMARTS) is 1. The van der Waals surface area contributed by atoms with Gasteiger partial charge < -0.3 is 20.9 Å². The predicted molar refractivity (Wildman–Crippen MR) is 150 cm³/mol. The Labute approximate surface area is 234 Å². The summed E-state index contributed by atoms with van der Waals surface area (Å²) in [6.07, 6.45) is 10.7. The van der Waals surface area contributed by atoms with Gasteiger partial charge in [0.05, 0.1) is 30.2 Å². The van der Waals surface area contributed by atoms with Crippen LogP contribution in [0.4, 0.5) is 8.78 Å². The fourth-order valence-corrected chi connectivity index (χ4v) is 6.41. The van der Waals surface area contributed by atoms with E-state index in [1.807, 2.05) is 39.9 Å². The van der Waals surface area contributed by atoms with Gasteiger partial charge >= 0.3 is 5.97 Å². The van der Waals surface area contributed by atoms with E-state index >= 15 is 0 Å². The zero-order valence-corrected chi connectivity index (χ0v) is 23.0. The fourth-order valence-electron chi connectivity index (χ4n) is 6.41. The lowest BCUT2D eigenvalue weighted by Gasteiger charge is -2.27. The summed E-state index contributed by atoms with van der Waals surface area (Å²) in [6, 6.07) is 4.77. The molecule has 0 spiro atoms. The molecule has 5 rings (SSSR count). The van der Waals surface area contributed by atoms with E-state index in [2.05, 4.69) is 10.4 Å². The fraction of sp³-hybridized carbons (Fsp3) is 0.600. The minimum atomic E-state index is -2.76. The monoisotopic (exact) mass is 557 g/mol. The number of nitrogens with two attached hydrogens (primary N) is 1. The summed E-state index contributed by atoms with van der Waals surface area (Å²) in [7, 11) is 0. The molecule has 0 amide bonds. The first-order valence-electron chi connectivity index (χ1n) is 14.6. The van der Waals surface area contributed by atoms with Crippen molar-refractivity contribution in [2.24, 2.45) is 11.7 Å². The van der Waals surface area contributed by atoms with Crippen LogP contribution in [0.3, 0.4) is 0 Å². The Hall–Kier alpha value is -2.98. The number of fused-ring (bicyclic) bond motifs is 1. The topological polar surface area (TPSA) is 106 Å². The molecule has 218 valence electrons. The summed E-state index contributed by atoms with van der Waals surface area (Å²) in [5.74, 6) is -3.25. The number of aromatic nitrogens is 2. The molecule has 1 unspecified atom stereocenters. The van der Waals surface area contributed by atoms with Gasteiger partial charge in [-0.05, 0) is 63.0 Å². The van der Waals surface area contributed by atoms with E-state index in [1.54, 1.807) is 6.20 Å². The van der Waals surface area contributed by atoms with Gasteiger partial charge in [0, 0.05) is 43.5 Å². The van der Waals surface area contributed by atoms with Crippen LogP contribution < -0.4 is 11.1 Å². The van der Waals surface area contributed by atoms with E-state index in [9.17, 15) is 18.7 Å². The Morgan fingerprint density at radius 1 is 1.32 bits per heavy atom. The first-order chi connectivity index (χ1) is 19.3. The van der Waals surface area contributed by atoms with Crippen LogP contribution in [0.1, 0.15) is 75.4 Å². The molecule has 4 N–H and O–H groups in total. The van der Waals surface area contributed by atoms with Crippen molar-refractivity contribution in [1.82, 2.24) is 20.0 Å². The Balaban J connectivity index is 1.17. The van der Waals surface area contributed by atoms with E-state index in [4.69, 9.17) is 10.5 Å². The number of aliphatic carboxylic acids is 1.